The highest BCUT2D eigenvalue weighted by Crippen LogP contribution is 2.27. The number of carbonyl (C=O) groups is 1. The van der Waals surface area contributed by atoms with Crippen molar-refractivity contribution in [1.29, 1.82) is 0 Å². The SMILES string of the molecule is O=C(COc1ccccc1)N1CC(c2nc(-c3cnccn3)no2)C1. The van der Waals surface area contributed by atoms with Crippen LogP contribution < -0.4 is 4.74 Å². The number of nitrogens with zero attached hydrogens (tertiary/aromatic N) is 5. The summed E-state index contributed by atoms with van der Waals surface area (Å²) in [5.41, 5.74) is 0.556. The van der Waals surface area contributed by atoms with Gasteiger partial charge in [-0.05, 0) is 12.1 Å². The van der Waals surface area contributed by atoms with Gasteiger partial charge in [0, 0.05) is 25.5 Å². The zero-order valence-electron chi connectivity index (χ0n) is 13.3. The first-order valence-electron chi connectivity index (χ1n) is 7.85. The summed E-state index contributed by atoms with van der Waals surface area (Å²) < 4.78 is 10.8. The monoisotopic (exact) mass is 337 g/mol. The van der Waals surface area contributed by atoms with Crippen LogP contribution in [0.25, 0.3) is 11.5 Å². The summed E-state index contributed by atoms with van der Waals surface area (Å²) >= 11 is 0. The smallest absolute Gasteiger partial charge is 0.260 e. The molecule has 4 rings (SSSR count). The molecular formula is C17H15N5O3. The number of ether oxygens (including phenoxy) is 1. The molecule has 8 nitrogen and oxygen atoms in total. The predicted molar refractivity (Wildman–Crippen MR) is 86.6 cm³/mol. The van der Waals surface area contributed by atoms with Crippen LogP contribution in [0, 0.1) is 0 Å². The summed E-state index contributed by atoms with van der Waals surface area (Å²) in [6.45, 7) is 1.10. The first-order valence-corrected chi connectivity index (χ1v) is 7.85. The number of hydrogen-bond acceptors (Lipinski definition) is 7. The van der Waals surface area contributed by atoms with Crippen LogP contribution in [-0.4, -0.2) is 50.6 Å². The molecule has 0 bridgehead atoms. The fraction of sp³-hybridized carbons (Fsp3) is 0.235. The molecule has 0 atom stereocenters. The number of amides is 1. The molecule has 2 aromatic heterocycles. The van der Waals surface area contributed by atoms with Gasteiger partial charge in [-0.15, -0.1) is 0 Å². The summed E-state index contributed by atoms with van der Waals surface area (Å²) in [5, 5.41) is 3.92. The molecule has 0 N–H and O–H groups in total. The minimum Gasteiger partial charge on any atom is -0.484 e. The summed E-state index contributed by atoms with van der Waals surface area (Å²) in [5.74, 6) is 1.57. The van der Waals surface area contributed by atoms with Gasteiger partial charge in [0.15, 0.2) is 6.61 Å². The Morgan fingerprint density at radius 1 is 1.24 bits per heavy atom. The van der Waals surface area contributed by atoms with Crippen molar-refractivity contribution in [2.45, 2.75) is 5.92 Å². The van der Waals surface area contributed by atoms with E-state index in [0.717, 1.165) is 0 Å². The quantitative estimate of drug-likeness (QED) is 0.697. The van der Waals surface area contributed by atoms with Gasteiger partial charge in [-0.2, -0.15) is 4.98 Å². The lowest BCUT2D eigenvalue weighted by Gasteiger charge is -2.36. The highest BCUT2D eigenvalue weighted by molar-refractivity contribution is 5.78. The Morgan fingerprint density at radius 2 is 2.08 bits per heavy atom. The average molecular weight is 337 g/mol. The molecule has 126 valence electrons. The molecule has 1 aromatic carbocycles. The maximum atomic E-state index is 12.1. The molecule has 3 aromatic rings. The second-order valence-electron chi connectivity index (χ2n) is 5.64. The van der Waals surface area contributed by atoms with E-state index >= 15 is 0 Å². The molecule has 25 heavy (non-hydrogen) atoms. The van der Waals surface area contributed by atoms with Gasteiger partial charge in [0.05, 0.1) is 12.1 Å². The van der Waals surface area contributed by atoms with Crippen LogP contribution in [0.2, 0.25) is 0 Å². The van der Waals surface area contributed by atoms with Crippen LogP contribution in [0.3, 0.4) is 0 Å². The molecule has 1 aliphatic rings. The molecule has 0 saturated carbocycles. The van der Waals surface area contributed by atoms with Crippen molar-refractivity contribution in [3.05, 3.63) is 54.8 Å². The van der Waals surface area contributed by atoms with Gasteiger partial charge in [-0.25, -0.2) is 4.98 Å². The normalized spacial score (nSPS) is 14.2. The molecule has 0 radical (unpaired) electrons. The van der Waals surface area contributed by atoms with Crippen molar-refractivity contribution in [3.8, 4) is 17.3 Å². The highest BCUT2D eigenvalue weighted by Gasteiger charge is 2.35. The summed E-state index contributed by atoms with van der Waals surface area (Å²) in [4.78, 5) is 26.3. The van der Waals surface area contributed by atoms with E-state index < -0.39 is 0 Å². The first kappa shape index (κ1) is 15.3. The van der Waals surface area contributed by atoms with Crippen molar-refractivity contribution < 1.29 is 14.1 Å². The van der Waals surface area contributed by atoms with E-state index in [9.17, 15) is 4.79 Å². The Morgan fingerprint density at radius 3 is 2.84 bits per heavy atom. The minimum atomic E-state index is -0.0613. The van der Waals surface area contributed by atoms with Crippen molar-refractivity contribution in [3.63, 3.8) is 0 Å². The van der Waals surface area contributed by atoms with E-state index in [1.807, 2.05) is 30.3 Å². The molecular weight excluding hydrogens is 322 g/mol. The van der Waals surface area contributed by atoms with Crippen molar-refractivity contribution in [1.82, 2.24) is 25.0 Å². The third-order valence-electron chi connectivity index (χ3n) is 3.92. The van der Waals surface area contributed by atoms with Crippen LogP contribution >= 0.6 is 0 Å². The van der Waals surface area contributed by atoms with Crippen LogP contribution in [0.4, 0.5) is 0 Å². The van der Waals surface area contributed by atoms with Crippen LogP contribution in [0.15, 0.2) is 53.4 Å². The number of carbonyl (C=O) groups excluding carboxylic acids is 1. The largest absolute Gasteiger partial charge is 0.484 e. The van der Waals surface area contributed by atoms with E-state index in [4.69, 9.17) is 9.26 Å². The van der Waals surface area contributed by atoms with E-state index in [2.05, 4.69) is 20.1 Å². The van der Waals surface area contributed by atoms with E-state index in [1.54, 1.807) is 23.5 Å². The molecule has 3 heterocycles. The average Bonchev–Trinajstić information content (AvgIpc) is 3.10. The summed E-state index contributed by atoms with van der Waals surface area (Å²) in [7, 11) is 0. The van der Waals surface area contributed by atoms with E-state index in [1.165, 1.54) is 0 Å². The lowest BCUT2D eigenvalue weighted by molar-refractivity contribution is -0.138. The van der Waals surface area contributed by atoms with Crippen molar-refractivity contribution in [2.24, 2.45) is 0 Å². The molecule has 8 heteroatoms. The van der Waals surface area contributed by atoms with E-state index in [0.29, 0.717) is 36.2 Å². The Hall–Kier alpha value is -3.29. The summed E-state index contributed by atoms with van der Waals surface area (Å²) in [6.07, 6.45) is 4.73. The molecule has 0 unspecified atom stereocenters. The Kier molecular flexibility index (Phi) is 4.07. The molecule has 0 spiro atoms. The third-order valence-corrected chi connectivity index (χ3v) is 3.92. The molecule has 1 saturated heterocycles. The number of rotatable bonds is 5. The lowest BCUT2D eigenvalue weighted by Crippen LogP contribution is -2.50. The van der Waals surface area contributed by atoms with Gasteiger partial charge in [0.2, 0.25) is 11.7 Å². The zero-order valence-corrected chi connectivity index (χ0v) is 13.3. The van der Waals surface area contributed by atoms with Gasteiger partial charge in [-0.1, -0.05) is 23.4 Å². The molecule has 0 aliphatic carbocycles. The molecule has 1 aliphatic heterocycles. The van der Waals surface area contributed by atoms with Crippen LogP contribution in [-0.2, 0) is 4.79 Å². The second-order valence-corrected chi connectivity index (χ2v) is 5.64. The number of aromatic nitrogens is 4. The van der Waals surface area contributed by atoms with Crippen molar-refractivity contribution >= 4 is 5.91 Å². The van der Waals surface area contributed by atoms with Gasteiger partial charge in [0.1, 0.15) is 11.4 Å². The highest BCUT2D eigenvalue weighted by atomic mass is 16.5. The zero-order chi connectivity index (χ0) is 17.1. The molecule has 1 fully saturated rings. The van der Waals surface area contributed by atoms with Gasteiger partial charge < -0.3 is 14.2 Å². The van der Waals surface area contributed by atoms with Gasteiger partial charge >= 0.3 is 0 Å². The lowest BCUT2D eigenvalue weighted by atomic mass is 10.0. The summed E-state index contributed by atoms with van der Waals surface area (Å²) in [6, 6.07) is 9.26. The van der Waals surface area contributed by atoms with Crippen molar-refractivity contribution in [2.75, 3.05) is 19.7 Å². The topological polar surface area (TPSA) is 94.2 Å². The Labute approximate surface area is 143 Å². The number of para-hydroxylation sites is 1. The van der Waals surface area contributed by atoms with Gasteiger partial charge in [-0.3, -0.25) is 9.78 Å². The Bertz CT molecular complexity index is 847. The fourth-order valence-corrected chi connectivity index (χ4v) is 2.51. The number of likely N-dealkylation sites (tertiary alicyclic amines) is 1. The van der Waals surface area contributed by atoms with Crippen LogP contribution in [0.5, 0.6) is 5.75 Å². The van der Waals surface area contributed by atoms with Gasteiger partial charge in [0.25, 0.3) is 5.91 Å². The predicted octanol–water partition coefficient (Wildman–Crippen LogP) is 1.53. The second kappa shape index (κ2) is 6.68. The Balaban J connectivity index is 1.30. The number of benzene rings is 1. The standard InChI is InChI=1S/C17H15N5O3/c23-15(11-24-13-4-2-1-3-5-13)22-9-12(10-22)17-20-16(21-25-17)14-8-18-6-7-19-14/h1-8,12H,9-11H2. The minimum absolute atomic E-state index is 0.0193. The third kappa shape index (κ3) is 3.32. The maximum Gasteiger partial charge on any atom is 0.260 e. The maximum absolute atomic E-state index is 12.1. The first-order chi connectivity index (χ1) is 12.3. The van der Waals surface area contributed by atoms with Crippen LogP contribution in [0.1, 0.15) is 11.8 Å². The molecule has 1 amide bonds. The number of hydrogen-bond donors (Lipinski definition) is 0. The fourth-order valence-electron chi connectivity index (χ4n) is 2.51. The van der Waals surface area contributed by atoms with E-state index in [-0.39, 0.29) is 18.4 Å².